The molecule has 29 heavy (non-hydrogen) atoms. The molecule has 0 spiro atoms. The van der Waals surface area contributed by atoms with E-state index in [-0.39, 0.29) is 5.91 Å². The summed E-state index contributed by atoms with van der Waals surface area (Å²) >= 11 is 0. The lowest BCUT2D eigenvalue weighted by atomic mass is 9.96. The number of fused-ring (bicyclic) bond motifs is 1. The number of aromatic nitrogens is 2. The van der Waals surface area contributed by atoms with Crippen LogP contribution in [-0.4, -0.2) is 65.2 Å². The maximum absolute atomic E-state index is 12.2. The van der Waals surface area contributed by atoms with Gasteiger partial charge in [0.05, 0.1) is 6.10 Å². The van der Waals surface area contributed by atoms with E-state index in [1.807, 2.05) is 30.0 Å². The minimum absolute atomic E-state index is 0.166. The highest BCUT2D eigenvalue weighted by atomic mass is 16.3. The van der Waals surface area contributed by atoms with E-state index in [1.165, 1.54) is 5.56 Å². The molecule has 0 saturated carbocycles. The highest BCUT2D eigenvalue weighted by molar-refractivity contribution is 5.94. The summed E-state index contributed by atoms with van der Waals surface area (Å²) in [5.74, 6) is 0.938. The molecule has 7 heteroatoms. The minimum atomic E-state index is -0.530. The highest BCUT2D eigenvalue weighted by Gasteiger charge is 2.24. The molecule has 1 amide bonds. The van der Waals surface area contributed by atoms with E-state index >= 15 is 0 Å². The van der Waals surface area contributed by atoms with Gasteiger partial charge in [0.15, 0.2) is 0 Å². The Kier molecular flexibility index (Phi) is 6.06. The summed E-state index contributed by atoms with van der Waals surface area (Å²) in [5, 5.41) is 10.8. The van der Waals surface area contributed by atoms with Gasteiger partial charge in [-0.1, -0.05) is 19.1 Å². The van der Waals surface area contributed by atoms with Crippen LogP contribution in [0.2, 0.25) is 0 Å². The largest absolute Gasteiger partial charge is 0.387 e. The standard InChI is InChI=1S/C22H29N5O2/c1-2-21(29)27-10-3-5-17-15-18(6-7-19(17)27)20(28)16-25-11-13-26(14-12-25)22-23-8-4-9-24-22/h4,6-9,15,20,28H,2-3,5,10-14,16H2,1H3. The topological polar surface area (TPSA) is 72.8 Å². The van der Waals surface area contributed by atoms with E-state index in [4.69, 9.17) is 0 Å². The first-order valence-corrected chi connectivity index (χ1v) is 10.5. The molecule has 1 unspecified atom stereocenters. The lowest BCUT2D eigenvalue weighted by molar-refractivity contribution is -0.118. The van der Waals surface area contributed by atoms with E-state index < -0.39 is 6.10 Å². The first-order valence-electron chi connectivity index (χ1n) is 10.5. The summed E-state index contributed by atoms with van der Waals surface area (Å²) in [7, 11) is 0. The van der Waals surface area contributed by atoms with E-state index in [9.17, 15) is 9.90 Å². The van der Waals surface area contributed by atoms with Crippen molar-refractivity contribution in [2.75, 3.05) is 49.1 Å². The van der Waals surface area contributed by atoms with Gasteiger partial charge in [-0.2, -0.15) is 0 Å². The predicted molar refractivity (Wildman–Crippen MR) is 113 cm³/mol. The summed E-state index contributed by atoms with van der Waals surface area (Å²) < 4.78 is 0. The number of hydrogen-bond acceptors (Lipinski definition) is 6. The second-order valence-corrected chi connectivity index (χ2v) is 7.74. The molecule has 1 N–H and O–H groups in total. The Morgan fingerprint density at radius 1 is 1.14 bits per heavy atom. The van der Waals surface area contributed by atoms with Crippen LogP contribution in [0.1, 0.15) is 37.0 Å². The summed E-state index contributed by atoms with van der Waals surface area (Å²) in [6.45, 7) is 6.76. The van der Waals surface area contributed by atoms with Crippen LogP contribution in [0.25, 0.3) is 0 Å². The number of piperazine rings is 1. The van der Waals surface area contributed by atoms with E-state index in [1.54, 1.807) is 12.4 Å². The Hall–Kier alpha value is -2.51. The third-order valence-electron chi connectivity index (χ3n) is 5.85. The van der Waals surface area contributed by atoms with Crippen LogP contribution < -0.4 is 9.80 Å². The van der Waals surface area contributed by atoms with Crippen LogP contribution in [0, 0.1) is 0 Å². The van der Waals surface area contributed by atoms with Crippen molar-refractivity contribution in [3.63, 3.8) is 0 Å². The fraction of sp³-hybridized carbons (Fsp3) is 0.500. The summed E-state index contributed by atoms with van der Waals surface area (Å²) in [6.07, 6.45) is 5.45. The van der Waals surface area contributed by atoms with Crippen LogP contribution in [-0.2, 0) is 11.2 Å². The molecule has 0 radical (unpaired) electrons. The number of aliphatic hydroxyl groups is 1. The molecule has 0 aliphatic carbocycles. The van der Waals surface area contributed by atoms with Crippen molar-refractivity contribution in [2.24, 2.45) is 0 Å². The summed E-state index contributed by atoms with van der Waals surface area (Å²) in [4.78, 5) is 27.2. The second kappa shape index (κ2) is 8.88. The normalized spacial score (nSPS) is 18.4. The first kappa shape index (κ1) is 19.8. The molecule has 3 heterocycles. The third kappa shape index (κ3) is 4.41. The van der Waals surface area contributed by atoms with Gasteiger partial charge in [-0.15, -0.1) is 0 Å². The number of carbonyl (C=O) groups excluding carboxylic acids is 1. The number of carbonyl (C=O) groups is 1. The molecule has 2 aliphatic rings. The maximum atomic E-state index is 12.2. The van der Waals surface area contributed by atoms with Gasteiger partial charge >= 0.3 is 0 Å². The molecule has 0 bridgehead atoms. The van der Waals surface area contributed by atoms with Gasteiger partial charge in [-0.3, -0.25) is 9.69 Å². The van der Waals surface area contributed by atoms with Crippen molar-refractivity contribution < 1.29 is 9.90 Å². The number of anilines is 2. The van der Waals surface area contributed by atoms with Crippen LogP contribution in [0.4, 0.5) is 11.6 Å². The molecule has 1 saturated heterocycles. The van der Waals surface area contributed by atoms with Crippen molar-refractivity contribution in [2.45, 2.75) is 32.3 Å². The average molecular weight is 396 g/mol. The summed E-state index contributed by atoms with van der Waals surface area (Å²) in [5.41, 5.74) is 3.11. The quantitative estimate of drug-likeness (QED) is 0.835. The van der Waals surface area contributed by atoms with Gasteiger partial charge < -0.3 is 14.9 Å². The fourth-order valence-corrected chi connectivity index (χ4v) is 4.21. The summed E-state index contributed by atoms with van der Waals surface area (Å²) in [6, 6.07) is 7.89. The van der Waals surface area contributed by atoms with Crippen LogP contribution in [0.15, 0.2) is 36.7 Å². The number of β-amino-alcohol motifs (C(OH)–C–C–N with tert-alkyl or cyclic N) is 1. The Morgan fingerprint density at radius 2 is 1.90 bits per heavy atom. The number of hydrogen-bond donors (Lipinski definition) is 1. The van der Waals surface area contributed by atoms with Crippen molar-refractivity contribution in [3.05, 3.63) is 47.8 Å². The molecular weight excluding hydrogens is 366 g/mol. The van der Waals surface area contributed by atoms with Crippen LogP contribution in [0.3, 0.4) is 0 Å². The molecule has 2 aliphatic heterocycles. The second-order valence-electron chi connectivity index (χ2n) is 7.74. The zero-order chi connectivity index (χ0) is 20.2. The first-order chi connectivity index (χ1) is 14.2. The molecular formula is C22H29N5O2. The smallest absolute Gasteiger partial charge is 0.226 e. The molecule has 1 atom stereocenters. The fourth-order valence-electron chi connectivity index (χ4n) is 4.21. The van der Waals surface area contributed by atoms with Gasteiger partial charge in [0.25, 0.3) is 0 Å². The van der Waals surface area contributed by atoms with E-state index in [0.29, 0.717) is 13.0 Å². The van der Waals surface area contributed by atoms with Gasteiger partial charge in [-0.25, -0.2) is 9.97 Å². The third-order valence-corrected chi connectivity index (χ3v) is 5.85. The Morgan fingerprint density at radius 3 is 2.62 bits per heavy atom. The Labute approximate surface area is 172 Å². The molecule has 154 valence electrons. The van der Waals surface area contributed by atoms with E-state index in [2.05, 4.69) is 25.8 Å². The zero-order valence-electron chi connectivity index (χ0n) is 17.0. The Bertz CT molecular complexity index is 836. The molecule has 7 nitrogen and oxygen atoms in total. The molecule has 1 aromatic heterocycles. The number of aryl methyl sites for hydroxylation is 1. The number of aliphatic hydroxyl groups excluding tert-OH is 1. The molecule has 4 rings (SSSR count). The van der Waals surface area contributed by atoms with Gasteiger partial charge in [-0.05, 0) is 36.1 Å². The van der Waals surface area contributed by atoms with E-state index in [0.717, 1.165) is 62.8 Å². The lowest BCUT2D eigenvalue weighted by Crippen LogP contribution is -2.48. The lowest BCUT2D eigenvalue weighted by Gasteiger charge is -2.35. The SMILES string of the molecule is CCC(=O)N1CCCc2cc(C(O)CN3CCN(c4ncccn4)CC3)ccc21. The van der Waals surface area contributed by atoms with Gasteiger partial charge in [0, 0.05) is 63.8 Å². The number of nitrogens with zero attached hydrogens (tertiary/aromatic N) is 5. The molecule has 2 aromatic rings. The van der Waals surface area contributed by atoms with Crippen molar-refractivity contribution >= 4 is 17.5 Å². The van der Waals surface area contributed by atoms with Gasteiger partial charge in [0.1, 0.15) is 0 Å². The van der Waals surface area contributed by atoms with Crippen molar-refractivity contribution in [1.82, 2.24) is 14.9 Å². The minimum Gasteiger partial charge on any atom is -0.387 e. The predicted octanol–water partition coefficient (Wildman–Crippen LogP) is 2.02. The zero-order valence-corrected chi connectivity index (χ0v) is 17.0. The highest BCUT2D eigenvalue weighted by Crippen LogP contribution is 2.30. The average Bonchev–Trinajstić information content (AvgIpc) is 2.78. The Balaban J connectivity index is 1.37. The van der Waals surface area contributed by atoms with Crippen LogP contribution in [0.5, 0.6) is 0 Å². The monoisotopic (exact) mass is 395 g/mol. The van der Waals surface area contributed by atoms with Crippen molar-refractivity contribution in [1.29, 1.82) is 0 Å². The molecule has 1 aromatic carbocycles. The number of amides is 1. The molecule has 1 fully saturated rings. The van der Waals surface area contributed by atoms with Gasteiger partial charge in [0.2, 0.25) is 11.9 Å². The van der Waals surface area contributed by atoms with Crippen LogP contribution >= 0.6 is 0 Å². The number of benzene rings is 1. The number of rotatable bonds is 5. The van der Waals surface area contributed by atoms with Crippen molar-refractivity contribution in [3.8, 4) is 0 Å². The maximum Gasteiger partial charge on any atom is 0.226 e.